The second-order valence-corrected chi connectivity index (χ2v) is 5.35. The van der Waals surface area contributed by atoms with Gasteiger partial charge in [-0.2, -0.15) is 10.2 Å². The van der Waals surface area contributed by atoms with E-state index in [1.165, 1.54) is 11.9 Å². The van der Waals surface area contributed by atoms with Gasteiger partial charge in [0.2, 0.25) is 0 Å². The average molecular weight is 364 g/mol. The van der Waals surface area contributed by atoms with E-state index in [9.17, 15) is 4.79 Å². The fourth-order valence-corrected chi connectivity index (χ4v) is 2.28. The predicted octanol–water partition coefficient (Wildman–Crippen LogP) is 2.82. The molecule has 0 saturated heterocycles. The van der Waals surface area contributed by atoms with Crippen LogP contribution in [-0.2, 0) is 0 Å². The van der Waals surface area contributed by atoms with Gasteiger partial charge in [-0.15, -0.1) is 0 Å². The Morgan fingerprint density at radius 2 is 2.00 bits per heavy atom. The summed E-state index contributed by atoms with van der Waals surface area (Å²) in [4.78, 5) is 13.6. The van der Waals surface area contributed by atoms with Gasteiger partial charge in [0.1, 0.15) is 4.47 Å². The van der Waals surface area contributed by atoms with Crippen molar-refractivity contribution in [1.29, 1.82) is 0 Å². The smallest absolute Gasteiger partial charge is 0.280 e. The van der Waals surface area contributed by atoms with E-state index in [1.54, 1.807) is 6.21 Å². The van der Waals surface area contributed by atoms with Crippen LogP contribution in [0.4, 0.5) is 11.4 Å². The number of rotatable bonds is 6. The topological polar surface area (TPSA) is 73.4 Å². The van der Waals surface area contributed by atoms with E-state index in [4.69, 9.17) is 0 Å². The number of H-pyrrole nitrogens is 1. The first-order chi connectivity index (χ1) is 10.7. The molecule has 0 amide bonds. The summed E-state index contributed by atoms with van der Waals surface area (Å²) < 4.78 is 0.372. The number of nitrogens with one attached hydrogen (secondary N) is 2. The SMILES string of the molecule is CCN(CC)c1ccc(/C=N/Nc2cn[nH]c(=O)c2Br)cc1. The molecule has 2 rings (SSSR count). The molecule has 0 aliphatic carbocycles. The van der Waals surface area contributed by atoms with Gasteiger partial charge in [0, 0.05) is 18.8 Å². The first-order valence-electron chi connectivity index (χ1n) is 7.03. The van der Waals surface area contributed by atoms with E-state index in [2.05, 4.69) is 67.5 Å². The quantitative estimate of drug-likeness (QED) is 0.611. The molecule has 0 aliphatic heterocycles. The van der Waals surface area contributed by atoms with Crippen molar-refractivity contribution in [3.63, 3.8) is 0 Å². The maximum atomic E-state index is 11.4. The minimum absolute atomic E-state index is 0.302. The Morgan fingerprint density at radius 1 is 1.32 bits per heavy atom. The summed E-state index contributed by atoms with van der Waals surface area (Å²) in [5.74, 6) is 0. The molecule has 2 aromatic rings. The number of benzene rings is 1. The zero-order valence-corrected chi connectivity index (χ0v) is 14.1. The van der Waals surface area contributed by atoms with E-state index in [-0.39, 0.29) is 5.56 Å². The molecule has 1 aromatic heterocycles. The van der Waals surface area contributed by atoms with Crippen LogP contribution in [0.25, 0.3) is 0 Å². The van der Waals surface area contributed by atoms with Gasteiger partial charge in [-0.1, -0.05) is 12.1 Å². The minimum Gasteiger partial charge on any atom is -0.372 e. The van der Waals surface area contributed by atoms with Crippen LogP contribution in [0.5, 0.6) is 0 Å². The second-order valence-electron chi connectivity index (χ2n) is 4.56. The lowest BCUT2D eigenvalue weighted by atomic mass is 10.2. The Morgan fingerprint density at radius 3 is 2.64 bits per heavy atom. The van der Waals surface area contributed by atoms with Crippen LogP contribution in [-0.4, -0.2) is 29.5 Å². The van der Waals surface area contributed by atoms with E-state index >= 15 is 0 Å². The van der Waals surface area contributed by atoms with Crippen molar-refractivity contribution in [2.45, 2.75) is 13.8 Å². The highest BCUT2D eigenvalue weighted by Crippen LogP contribution is 2.16. The second kappa shape index (κ2) is 7.74. The zero-order valence-electron chi connectivity index (χ0n) is 12.5. The highest BCUT2D eigenvalue weighted by molar-refractivity contribution is 9.10. The van der Waals surface area contributed by atoms with Crippen LogP contribution in [0.15, 0.2) is 44.8 Å². The fraction of sp³-hybridized carbons (Fsp3) is 0.267. The Hall–Kier alpha value is -2.15. The first-order valence-corrected chi connectivity index (χ1v) is 7.82. The first kappa shape index (κ1) is 16.2. The number of hydrazone groups is 1. The van der Waals surface area contributed by atoms with Crippen molar-refractivity contribution >= 4 is 33.5 Å². The molecule has 2 N–H and O–H groups in total. The summed E-state index contributed by atoms with van der Waals surface area (Å²) in [6.07, 6.45) is 3.19. The Kier molecular flexibility index (Phi) is 5.71. The molecule has 116 valence electrons. The molecule has 1 aromatic carbocycles. The van der Waals surface area contributed by atoms with Gasteiger partial charge >= 0.3 is 0 Å². The van der Waals surface area contributed by atoms with Crippen LogP contribution in [0.1, 0.15) is 19.4 Å². The van der Waals surface area contributed by atoms with E-state index in [0.29, 0.717) is 10.2 Å². The van der Waals surface area contributed by atoms with Crippen LogP contribution in [0.2, 0.25) is 0 Å². The van der Waals surface area contributed by atoms with Crippen molar-refractivity contribution in [3.05, 3.63) is 50.9 Å². The molecular formula is C15H18BrN5O. The summed E-state index contributed by atoms with van der Waals surface area (Å²) in [6, 6.07) is 8.14. The van der Waals surface area contributed by atoms with Gasteiger partial charge in [0.15, 0.2) is 0 Å². The predicted molar refractivity (Wildman–Crippen MR) is 93.8 cm³/mol. The molecule has 1 heterocycles. The summed E-state index contributed by atoms with van der Waals surface area (Å²) in [5, 5.41) is 10.2. The molecule has 0 bridgehead atoms. The third-order valence-electron chi connectivity index (χ3n) is 3.22. The average Bonchev–Trinajstić information content (AvgIpc) is 2.54. The summed E-state index contributed by atoms with van der Waals surface area (Å²) in [5.41, 5.74) is 5.16. The van der Waals surface area contributed by atoms with Crippen LogP contribution >= 0.6 is 15.9 Å². The number of hydrogen-bond acceptors (Lipinski definition) is 5. The van der Waals surface area contributed by atoms with Gasteiger partial charge in [-0.3, -0.25) is 10.2 Å². The normalized spacial score (nSPS) is 10.9. The van der Waals surface area contributed by atoms with Crippen molar-refractivity contribution in [1.82, 2.24) is 10.2 Å². The molecule has 7 heteroatoms. The maximum Gasteiger partial charge on any atom is 0.280 e. The molecule has 22 heavy (non-hydrogen) atoms. The van der Waals surface area contributed by atoms with Gasteiger partial charge < -0.3 is 4.90 Å². The number of nitrogens with zero attached hydrogens (tertiary/aromatic N) is 3. The van der Waals surface area contributed by atoms with Crippen molar-refractivity contribution in [3.8, 4) is 0 Å². The van der Waals surface area contributed by atoms with Gasteiger partial charge in [-0.05, 0) is 47.5 Å². The van der Waals surface area contributed by atoms with E-state index < -0.39 is 0 Å². The third-order valence-corrected chi connectivity index (χ3v) is 4.00. The number of anilines is 2. The molecule has 0 spiro atoms. The van der Waals surface area contributed by atoms with Crippen LogP contribution in [0, 0.1) is 0 Å². The van der Waals surface area contributed by atoms with E-state index in [1.807, 2.05) is 12.1 Å². The Bertz CT molecular complexity index is 692. The van der Waals surface area contributed by atoms with Crippen LogP contribution < -0.4 is 15.9 Å². The van der Waals surface area contributed by atoms with Crippen molar-refractivity contribution in [2.24, 2.45) is 5.10 Å². The molecular weight excluding hydrogens is 346 g/mol. The Labute approximate surface area is 137 Å². The molecule has 0 unspecified atom stereocenters. The lowest BCUT2D eigenvalue weighted by Gasteiger charge is -2.20. The standard InChI is InChI=1S/C15H18BrN5O/c1-3-21(4-2)12-7-5-11(6-8-12)9-17-19-13-10-18-20-15(22)14(13)16/h5-10H,3-4H2,1-2H3,(H2,19,20,22)/b17-9+. The summed E-state index contributed by atoms with van der Waals surface area (Å²) >= 11 is 3.18. The minimum atomic E-state index is -0.302. The maximum absolute atomic E-state index is 11.4. The van der Waals surface area contributed by atoms with Crippen molar-refractivity contribution in [2.75, 3.05) is 23.4 Å². The summed E-state index contributed by atoms with van der Waals surface area (Å²) in [6.45, 7) is 6.23. The van der Waals surface area contributed by atoms with Gasteiger partial charge in [0.25, 0.3) is 5.56 Å². The van der Waals surface area contributed by atoms with Crippen LogP contribution in [0.3, 0.4) is 0 Å². The molecule has 0 radical (unpaired) electrons. The molecule has 0 aliphatic rings. The van der Waals surface area contributed by atoms with Gasteiger partial charge in [-0.25, -0.2) is 5.10 Å². The molecule has 0 saturated carbocycles. The third kappa shape index (κ3) is 3.94. The largest absolute Gasteiger partial charge is 0.372 e. The fourth-order valence-electron chi connectivity index (χ4n) is 2.00. The highest BCUT2D eigenvalue weighted by atomic mass is 79.9. The van der Waals surface area contributed by atoms with Crippen molar-refractivity contribution < 1.29 is 0 Å². The molecule has 0 atom stereocenters. The number of hydrogen-bond donors (Lipinski definition) is 2. The Balaban J connectivity index is 2.04. The summed E-state index contributed by atoms with van der Waals surface area (Å²) in [7, 11) is 0. The number of aromatic amines is 1. The monoisotopic (exact) mass is 363 g/mol. The zero-order chi connectivity index (χ0) is 15.9. The lowest BCUT2D eigenvalue weighted by Crippen LogP contribution is -2.21. The number of halogens is 1. The number of aromatic nitrogens is 2. The van der Waals surface area contributed by atoms with Gasteiger partial charge in [0.05, 0.1) is 18.1 Å². The van der Waals surface area contributed by atoms with E-state index in [0.717, 1.165) is 18.7 Å². The molecule has 6 nitrogen and oxygen atoms in total. The lowest BCUT2D eigenvalue weighted by molar-refractivity contribution is 0.866. The highest BCUT2D eigenvalue weighted by Gasteiger charge is 2.03. The molecule has 0 fully saturated rings.